The molecule has 3 N–H and O–H groups in total. The van der Waals surface area contributed by atoms with Crippen molar-refractivity contribution < 1.29 is 4.79 Å². The molecule has 1 saturated carbocycles. The summed E-state index contributed by atoms with van der Waals surface area (Å²) in [6, 6.07) is 0.766. The number of hydrogen-bond donors (Lipinski definition) is 2. The van der Waals surface area contributed by atoms with E-state index in [1.54, 1.807) is 0 Å². The van der Waals surface area contributed by atoms with Crippen molar-refractivity contribution in [3.05, 3.63) is 0 Å². The van der Waals surface area contributed by atoms with Crippen LogP contribution in [0.15, 0.2) is 0 Å². The lowest BCUT2D eigenvalue weighted by Gasteiger charge is -2.25. The molecule has 0 aliphatic heterocycles. The molecule has 1 rings (SSSR count). The maximum Gasteiger partial charge on any atom is 0.224 e. The normalized spacial score (nSPS) is 17.6. The largest absolute Gasteiger partial charge is 0.355 e. The second kappa shape index (κ2) is 7.25. The number of likely N-dealkylation sites (N-methyl/N-ethyl adjacent to an activating group) is 1. The number of carbonyl (C=O) groups excluding carboxylic acids is 1. The maximum atomic E-state index is 12.1. The van der Waals surface area contributed by atoms with Crippen molar-refractivity contribution in [2.75, 3.05) is 26.2 Å². The van der Waals surface area contributed by atoms with E-state index in [-0.39, 0.29) is 17.2 Å². The number of nitrogens with zero attached hydrogens (tertiary/aromatic N) is 1. The summed E-state index contributed by atoms with van der Waals surface area (Å²) in [5.74, 6) is 0.0558. The molecule has 0 radical (unpaired) electrons. The third-order valence-electron chi connectivity index (χ3n) is 3.68. The summed E-state index contributed by atoms with van der Waals surface area (Å²) in [4.78, 5) is 14.5. The predicted molar refractivity (Wildman–Crippen MR) is 79.9 cm³/mol. The van der Waals surface area contributed by atoms with Gasteiger partial charge in [-0.15, -0.1) is 0 Å². The van der Waals surface area contributed by atoms with Gasteiger partial charge in [0, 0.05) is 25.7 Å². The van der Waals surface area contributed by atoms with Gasteiger partial charge in [-0.3, -0.25) is 9.69 Å². The average molecular weight is 269 g/mol. The molecule has 0 aromatic carbocycles. The number of rotatable bonds is 8. The van der Waals surface area contributed by atoms with Gasteiger partial charge in [-0.1, -0.05) is 27.7 Å². The number of nitrogens with two attached hydrogens (primary N) is 1. The van der Waals surface area contributed by atoms with Gasteiger partial charge in [0.1, 0.15) is 0 Å². The standard InChI is InChI=1S/C15H31N3O/c1-5-18(13-6-7-13)9-8-17-14(19)12(11-16)10-15(2,3)4/h12-13H,5-11,16H2,1-4H3,(H,17,19). The monoisotopic (exact) mass is 269 g/mol. The minimum absolute atomic E-state index is 0.0593. The Kier molecular flexibility index (Phi) is 6.27. The first-order valence-electron chi connectivity index (χ1n) is 7.59. The lowest BCUT2D eigenvalue weighted by molar-refractivity contribution is -0.125. The van der Waals surface area contributed by atoms with Crippen molar-refractivity contribution in [1.82, 2.24) is 10.2 Å². The highest BCUT2D eigenvalue weighted by atomic mass is 16.1. The number of amides is 1. The van der Waals surface area contributed by atoms with Gasteiger partial charge in [-0.25, -0.2) is 0 Å². The molecular weight excluding hydrogens is 238 g/mol. The van der Waals surface area contributed by atoms with E-state index in [0.29, 0.717) is 6.54 Å². The fourth-order valence-corrected chi connectivity index (χ4v) is 2.53. The second-order valence-electron chi connectivity index (χ2n) is 6.85. The molecular formula is C15H31N3O. The molecule has 4 nitrogen and oxygen atoms in total. The summed E-state index contributed by atoms with van der Waals surface area (Å²) in [6.07, 6.45) is 3.48. The first-order chi connectivity index (χ1) is 8.87. The molecule has 1 aliphatic rings. The Morgan fingerprint density at radius 3 is 2.47 bits per heavy atom. The highest BCUT2D eigenvalue weighted by molar-refractivity contribution is 5.78. The number of carbonyl (C=O) groups is 1. The van der Waals surface area contributed by atoms with Gasteiger partial charge in [0.15, 0.2) is 0 Å². The fourth-order valence-electron chi connectivity index (χ4n) is 2.53. The predicted octanol–water partition coefficient (Wildman–Crippen LogP) is 1.60. The zero-order valence-electron chi connectivity index (χ0n) is 13.0. The first kappa shape index (κ1) is 16.4. The molecule has 112 valence electrons. The fraction of sp³-hybridized carbons (Fsp3) is 0.933. The van der Waals surface area contributed by atoms with Crippen LogP contribution in [0, 0.1) is 11.3 Å². The Labute approximate surface area is 118 Å². The lowest BCUT2D eigenvalue weighted by atomic mass is 9.84. The van der Waals surface area contributed by atoms with Crippen LogP contribution in [0.5, 0.6) is 0 Å². The molecule has 0 aromatic heterocycles. The van der Waals surface area contributed by atoms with E-state index in [9.17, 15) is 4.79 Å². The van der Waals surface area contributed by atoms with Gasteiger partial charge in [-0.2, -0.15) is 0 Å². The Hall–Kier alpha value is -0.610. The van der Waals surface area contributed by atoms with Crippen molar-refractivity contribution in [2.24, 2.45) is 17.1 Å². The van der Waals surface area contributed by atoms with Gasteiger partial charge in [0.05, 0.1) is 5.92 Å². The van der Waals surface area contributed by atoms with E-state index in [4.69, 9.17) is 5.73 Å². The van der Waals surface area contributed by atoms with Crippen LogP contribution in [0.25, 0.3) is 0 Å². The zero-order chi connectivity index (χ0) is 14.5. The molecule has 0 spiro atoms. The topological polar surface area (TPSA) is 58.4 Å². The molecule has 19 heavy (non-hydrogen) atoms. The second-order valence-corrected chi connectivity index (χ2v) is 6.85. The quantitative estimate of drug-likeness (QED) is 0.703. The zero-order valence-corrected chi connectivity index (χ0v) is 13.0. The van der Waals surface area contributed by atoms with Crippen LogP contribution in [0.3, 0.4) is 0 Å². The highest BCUT2D eigenvalue weighted by Crippen LogP contribution is 2.26. The number of hydrogen-bond acceptors (Lipinski definition) is 3. The van der Waals surface area contributed by atoms with E-state index in [1.165, 1.54) is 12.8 Å². The average Bonchev–Trinajstić information content (AvgIpc) is 3.14. The Balaban J connectivity index is 2.28. The van der Waals surface area contributed by atoms with Crippen molar-refractivity contribution in [3.8, 4) is 0 Å². The van der Waals surface area contributed by atoms with Gasteiger partial charge >= 0.3 is 0 Å². The molecule has 1 aliphatic carbocycles. The molecule has 0 saturated heterocycles. The van der Waals surface area contributed by atoms with Crippen LogP contribution in [-0.4, -0.2) is 43.0 Å². The Morgan fingerprint density at radius 1 is 1.42 bits per heavy atom. The van der Waals surface area contributed by atoms with E-state index in [0.717, 1.165) is 32.1 Å². The van der Waals surface area contributed by atoms with Crippen molar-refractivity contribution in [3.63, 3.8) is 0 Å². The summed E-state index contributed by atoms with van der Waals surface area (Å²) in [5.41, 5.74) is 5.87. The molecule has 1 unspecified atom stereocenters. The third kappa shape index (κ3) is 6.39. The minimum Gasteiger partial charge on any atom is -0.355 e. The summed E-state index contributed by atoms with van der Waals surface area (Å²) >= 11 is 0. The minimum atomic E-state index is -0.0593. The van der Waals surface area contributed by atoms with E-state index < -0.39 is 0 Å². The van der Waals surface area contributed by atoms with E-state index >= 15 is 0 Å². The third-order valence-corrected chi connectivity index (χ3v) is 3.68. The van der Waals surface area contributed by atoms with Crippen LogP contribution in [0.1, 0.15) is 47.0 Å². The smallest absolute Gasteiger partial charge is 0.224 e. The molecule has 0 aromatic rings. The van der Waals surface area contributed by atoms with E-state index in [1.807, 2.05) is 0 Å². The van der Waals surface area contributed by atoms with Crippen LogP contribution < -0.4 is 11.1 Å². The summed E-state index contributed by atoms with van der Waals surface area (Å²) < 4.78 is 0. The molecule has 1 fully saturated rings. The Morgan fingerprint density at radius 2 is 2.05 bits per heavy atom. The van der Waals surface area contributed by atoms with Gasteiger partial charge in [-0.05, 0) is 31.2 Å². The van der Waals surface area contributed by atoms with Gasteiger partial charge in [0.25, 0.3) is 0 Å². The van der Waals surface area contributed by atoms with Crippen LogP contribution in [0.2, 0.25) is 0 Å². The van der Waals surface area contributed by atoms with Crippen molar-refractivity contribution in [1.29, 1.82) is 0 Å². The van der Waals surface area contributed by atoms with Crippen LogP contribution >= 0.6 is 0 Å². The van der Waals surface area contributed by atoms with Crippen molar-refractivity contribution in [2.45, 2.75) is 53.0 Å². The van der Waals surface area contributed by atoms with E-state index in [2.05, 4.69) is 37.9 Å². The highest BCUT2D eigenvalue weighted by Gasteiger charge is 2.28. The molecule has 1 amide bonds. The van der Waals surface area contributed by atoms with Gasteiger partial charge < -0.3 is 11.1 Å². The van der Waals surface area contributed by atoms with Crippen molar-refractivity contribution >= 4 is 5.91 Å². The molecule has 4 heteroatoms. The summed E-state index contributed by atoms with van der Waals surface area (Å²) in [7, 11) is 0. The lowest BCUT2D eigenvalue weighted by Crippen LogP contribution is -2.41. The summed E-state index contributed by atoms with van der Waals surface area (Å²) in [5, 5.41) is 3.04. The van der Waals surface area contributed by atoms with Crippen LogP contribution in [-0.2, 0) is 4.79 Å². The molecule has 0 heterocycles. The van der Waals surface area contributed by atoms with Gasteiger partial charge in [0.2, 0.25) is 5.91 Å². The maximum absolute atomic E-state index is 12.1. The van der Waals surface area contributed by atoms with Crippen LogP contribution in [0.4, 0.5) is 0 Å². The molecule has 1 atom stereocenters. The summed E-state index contributed by atoms with van der Waals surface area (Å²) in [6.45, 7) is 11.8. The SMILES string of the molecule is CCN(CCNC(=O)C(CN)CC(C)(C)C)C1CC1. The first-order valence-corrected chi connectivity index (χ1v) is 7.59. The number of nitrogens with one attached hydrogen (secondary N) is 1. The molecule has 0 bridgehead atoms. The Bertz CT molecular complexity index is 282.